The summed E-state index contributed by atoms with van der Waals surface area (Å²) in [6, 6.07) is 0.315. The molecule has 0 aromatic carbocycles. The summed E-state index contributed by atoms with van der Waals surface area (Å²) in [4.78, 5) is 19.7. The van der Waals surface area contributed by atoms with Crippen LogP contribution in [-0.2, 0) is 0 Å². The molecule has 0 atom stereocenters. The maximum absolute atomic E-state index is 12.8. The summed E-state index contributed by atoms with van der Waals surface area (Å²) >= 11 is 0. The molecule has 0 spiro atoms. The molecule has 4 nitrogen and oxygen atoms in total. The van der Waals surface area contributed by atoms with Crippen LogP contribution < -0.4 is 0 Å². The molecule has 0 aliphatic carbocycles. The van der Waals surface area contributed by atoms with E-state index in [9.17, 15) is 4.79 Å². The molecule has 0 unspecified atom stereocenters. The molecule has 3 rings (SSSR count). The van der Waals surface area contributed by atoms with Crippen LogP contribution in [0.2, 0.25) is 0 Å². The Morgan fingerprint density at radius 3 is 1.82 bits per heavy atom. The van der Waals surface area contributed by atoms with Crippen molar-refractivity contribution in [3.63, 3.8) is 0 Å². The Morgan fingerprint density at radius 2 is 1.32 bits per heavy atom. The highest BCUT2D eigenvalue weighted by atomic mass is 16.2. The van der Waals surface area contributed by atoms with E-state index in [0.29, 0.717) is 6.03 Å². The van der Waals surface area contributed by atoms with E-state index in [0.717, 1.165) is 49.9 Å². The second-order valence-corrected chi connectivity index (χ2v) is 9.59. The highest BCUT2D eigenvalue weighted by Gasteiger charge is 2.30. The summed E-state index contributed by atoms with van der Waals surface area (Å²) in [6.07, 6.45) is 8.87. The van der Waals surface area contributed by atoms with E-state index in [1.165, 1.54) is 64.6 Å². The fourth-order valence-electron chi connectivity index (χ4n) is 5.02. The minimum atomic E-state index is 0.315. The molecule has 3 saturated heterocycles. The van der Waals surface area contributed by atoms with Crippen molar-refractivity contribution in [1.82, 2.24) is 14.7 Å². The minimum absolute atomic E-state index is 0.315. The van der Waals surface area contributed by atoms with Crippen molar-refractivity contribution in [2.24, 2.45) is 23.7 Å². The van der Waals surface area contributed by atoms with Gasteiger partial charge in [-0.25, -0.2) is 4.79 Å². The number of amides is 2. The lowest BCUT2D eigenvalue weighted by Gasteiger charge is -2.40. The lowest BCUT2D eigenvalue weighted by atomic mass is 9.87. The molecular formula is C24H47N3O. The zero-order valence-corrected chi connectivity index (χ0v) is 19.5. The second kappa shape index (κ2) is 12.0. The lowest BCUT2D eigenvalue weighted by molar-refractivity contribution is 0.105. The SMILES string of the molecule is CC.CC1CCN(CCC2CCN(C(=O)N3CCC(C(C)C)CC3)CC2)CC1. The van der Waals surface area contributed by atoms with Gasteiger partial charge in [0.25, 0.3) is 0 Å². The molecule has 0 aromatic rings. The number of urea groups is 1. The average molecular weight is 394 g/mol. The molecule has 3 aliphatic rings. The maximum atomic E-state index is 12.8. The zero-order chi connectivity index (χ0) is 20.5. The van der Waals surface area contributed by atoms with E-state index < -0.39 is 0 Å². The van der Waals surface area contributed by atoms with Crippen molar-refractivity contribution in [3.05, 3.63) is 0 Å². The van der Waals surface area contributed by atoms with Crippen LogP contribution in [0.5, 0.6) is 0 Å². The standard InChI is InChI=1S/C22H41N3O.C2H6/c1-18(2)21-9-16-25(17-10-21)22(26)24-14-7-20(8-15-24)6-13-23-11-4-19(3)5-12-23;1-2/h18-21H,4-17H2,1-3H3;1-2H3. The molecule has 3 heterocycles. The Labute approximate surface area is 175 Å². The highest BCUT2D eigenvalue weighted by Crippen LogP contribution is 2.27. The van der Waals surface area contributed by atoms with Gasteiger partial charge in [0.05, 0.1) is 0 Å². The van der Waals surface area contributed by atoms with Gasteiger partial charge < -0.3 is 14.7 Å². The summed E-state index contributed by atoms with van der Waals surface area (Å²) in [5.41, 5.74) is 0. The molecule has 3 fully saturated rings. The van der Waals surface area contributed by atoms with Gasteiger partial charge in [-0.3, -0.25) is 0 Å². The number of hydrogen-bond donors (Lipinski definition) is 0. The Kier molecular flexibility index (Phi) is 10.1. The summed E-state index contributed by atoms with van der Waals surface area (Å²) < 4.78 is 0. The number of piperidine rings is 3. The highest BCUT2D eigenvalue weighted by molar-refractivity contribution is 5.74. The maximum Gasteiger partial charge on any atom is 0.319 e. The molecular weight excluding hydrogens is 346 g/mol. The van der Waals surface area contributed by atoms with E-state index >= 15 is 0 Å². The number of likely N-dealkylation sites (tertiary alicyclic amines) is 3. The topological polar surface area (TPSA) is 26.8 Å². The Hall–Kier alpha value is -0.770. The Balaban J connectivity index is 0.00000136. The Bertz CT molecular complexity index is 429. The molecule has 0 radical (unpaired) electrons. The van der Waals surface area contributed by atoms with Crippen LogP contribution in [0, 0.1) is 23.7 Å². The quantitative estimate of drug-likeness (QED) is 0.645. The van der Waals surface area contributed by atoms with E-state index in [1.54, 1.807) is 0 Å². The third kappa shape index (κ3) is 6.93. The molecule has 0 aromatic heterocycles. The molecule has 2 amide bonds. The van der Waals surface area contributed by atoms with E-state index in [1.807, 2.05) is 13.8 Å². The molecule has 28 heavy (non-hydrogen) atoms. The molecule has 164 valence electrons. The predicted molar refractivity (Wildman–Crippen MR) is 120 cm³/mol. The van der Waals surface area contributed by atoms with Crippen molar-refractivity contribution < 1.29 is 4.79 Å². The molecule has 0 N–H and O–H groups in total. The van der Waals surface area contributed by atoms with Crippen molar-refractivity contribution in [3.8, 4) is 0 Å². The van der Waals surface area contributed by atoms with Gasteiger partial charge in [0.15, 0.2) is 0 Å². The summed E-state index contributed by atoms with van der Waals surface area (Å²) in [7, 11) is 0. The third-order valence-electron chi connectivity index (χ3n) is 7.37. The van der Waals surface area contributed by atoms with Gasteiger partial charge in [-0.15, -0.1) is 0 Å². The van der Waals surface area contributed by atoms with Crippen LogP contribution in [0.15, 0.2) is 0 Å². The summed E-state index contributed by atoms with van der Waals surface area (Å²) in [5.74, 6) is 3.31. The van der Waals surface area contributed by atoms with Gasteiger partial charge in [-0.2, -0.15) is 0 Å². The van der Waals surface area contributed by atoms with E-state index in [2.05, 4.69) is 35.5 Å². The fourth-order valence-corrected chi connectivity index (χ4v) is 5.02. The Morgan fingerprint density at radius 1 is 0.821 bits per heavy atom. The van der Waals surface area contributed by atoms with Crippen molar-refractivity contribution in [1.29, 1.82) is 0 Å². The third-order valence-corrected chi connectivity index (χ3v) is 7.37. The van der Waals surface area contributed by atoms with Crippen molar-refractivity contribution in [2.45, 2.75) is 79.6 Å². The minimum Gasteiger partial charge on any atom is -0.325 e. The van der Waals surface area contributed by atoms with Crippen LogP contribution in [0.4, 0.5) is 4.79 Å². The van der Waals surface area contributed by atoms with Crippen molar-refractivity contribution in [2.75, 3.05) is 45.8 Å². The zero-order valence-electron chi connectivity index (χ0n) is 19.5. The predicted octanol–water partition coefficient (Wildman–Crippen LogP) is 5.33. The number of carbonyl (C=O) groups is 1. The normalized spacial score (nSPS) is 23.6. The monoisotopic (exact) mass is 393 g/mol. The van der Waals surface area contributed by atoms with Gasteiger partial charge in [0, 0.05) is 26.2 Å². The average Bonchev–Trinajstić information content (AvgIpc) is 2.75. The second-order valence-electron chi connectivity index (χ2n) is 9.59. The first-order chi connectivity index (χ1) is 13.5. The number of nitrogens with zero attached hydrogens (tertiary/aromatic N) is 3. The first-order valence-corrected chi connectivity index (χ1v) is 12.3. The van der Waals surface area contributed by atoms with Gasteiger partial charge in [-0.05, 0) is 88.3 Å². The summed E-state index contributed by atoms with van der Waals surface area (Å²) in [5, 5.41) is 0. The van der Waals surface area contributed by atoms with Crippen LogP contribution in [0.3, 0.4) is 0 Å². The van der Waals surface area contributed by atoms with E-state index in [-0.39, 0.29) is 0 Å². The van der Waals surface area contributed by atoms with Crippen LogP contribution in [0.25, 0.3) is 0 Å². The molecule has 4 heteroatoms. The van der Waals surface area contributed by atoms with Gasteiger partial charge in [-0.1, -0.05) is 34.6 Å². The van der Waals surface area contributed by atoms with Gasteiger partial charge >= 0.3 is 6.03 Å². The smallest absolute Gasteiger partial charge is 0.319 e. The largest absolute Gasteiger partial charge is 0.325 e. The summed E-state index contributed by atoms with van der Waals surface area (Å²) in [6.45, 7) is 18.8. The van der Waals surface area contributed by atoms with Crippen LogP contribution in [-0.4, -0.2) is 66.5 Å². The number of carbonyl (C=O) groups excluding carboxylic acids is 1. The first-order valence-electron chi connectivity index (χ1n) is 12.3. The lowest BCUT2D eigenvalue weighted by Crippen LogP contribution is -2.49. The van der Waals surface area contributed by atoms with Crippen LogP contribution >= 0.6 is 0 Å². The van der Waals surface area contributed by atoms with Gasteiger partial charge in [0.2, 0.25) is 0 Å². The molecule has 3 aliphatic heterocycles. The first kappa shape index (κ1) is 23.5. The van der Waals surface area contributed by atoms with E-state index in [4.69, 9.17) is 0 Å². The van der Waals surface area contributed by atoms with Crippen molar-refractivity contribution >= 4 is 6.03 Å². The van der Waals surface area contributed by atoms with Gasteiger partial charge in [0.1, 0.15) is 0 Å². The fraction of sp³-hybridized carbons (Fsp3) is 0.958. The number of hydrogen-bond acceptors (Lipinski definition) is 2. The van der Waals surface area contributed by atoms with Crippen LogP contribution in [0.1, 0.15) is 79.6 Å². The molecule has 0 saturated carbocycles. The number of rotatable bonds is 4. The molecule has 0 bridgehead atoms.